The van der Waals surface area contributed by atoms with Crippen LogP contribution >= 0.6 is 15.9 Å². The molecule has 0 unspecified atom stereocenters. The van der Waals surface area contributed by atoms with E-state index in [1.165, 1.54) is 5.56 Å². The highest BCUT2D eigenvalue weighted by Crippen LogP contribution is 2.35. The summed E-state index contributed by atoms with van der Waals surface area (Å²) in [5.41, 5.74) is 5.10. The number of amides is 1. The van der Waals surface area contributed by atoms with Crippen LogP contribution in [0.1, 0.15) is 22.3 Å². The molecule has 2 aromatic rings. The Labute approximate surface area is 150 Å². The molecule has 0 aromatic heterocycles. The van der Waals surface area contributed by atoms with Gasteiger partial charge in [0.05, 0.1) is 6.42 Å². The zero-order valence-electron chi connectivity index (χ0n) is 14.0. The van der Waals surface area contributed by atoms with Crippen LogP contribution in [-0.2, 0) is 11.2 Å². The molecular weight excluding hydrogens is 370 g/mol. The van der Waals surface area contributed by atoms with E-state index < -0.39 is 0 Å². The fraction of sp³-hybridized carbons (Fsp3) is 0.316. The number of ether oxygens (including phenoxy) is 2. The molecule has 0 aliphatic carbocycles. The topological polar surface area (TPSA) is 47.6 Å². The lowest BCUT2D eigenvalue weighted by atomic mass is 10.0. The third-order valence-corrected chi connectivity index (χ3v) is 4.74. The second-order valence-electron chi connectivity index (χ2n) is 6.09. The first-order chi connectivity index (χ1) is 11.4. The van der Waals surface area contributed by atoms with E-state index in [0.29, 0.717) is 24.7 Å². The van der Waals surface area contributed by atoms with Gasteiger partial charge >= 0.3 is 0 Å². The number of carbonyl (C=O) groups is 1. The molecule has 5 heteroatoms. The van der Waals surface area contributed by atoms with Gasteiger partial charge in [-0.15, -0.1) is 0 Å². The number of anilines is 1. The van der Waals surface area contributed by atoms with Crippen molar-refractivity contribution < 1.29 is 14.3 Å². The van der Waals surface area contributed by atoms with Crippen molar-refractivity contribution in [3.63, 3.8) is 0 Å². The first-order valence-electron chi connectivity index (χ1n) is 7.90. The Bertz CT molecular complexity index is 778. The predicted molar refractivity (Wildman–Crippen MR) is 98.1 cm³/mol. The smallest absolute Gasteiger partial charge is 0.228 e. The molecule has 126 valence electrons. The first-order valence-corrected chi connectivity index (χ1v) is 8.69. The largest absolute Gasteiger partial charge is 0.486 e. The SMILES string of the molecule is Cc1cc(C)c(NC(=O)Cc2cc3c(cc2Br)OCCO3)c(C)c1. The van der Waals surface area contributed by atoms with Gasteiger partial charge in [0.15, 0.2) is 11.5 Å². The quantitative estimate of drug-likeness (QED) is 0.849. The van der Waals surface area contributed by atoms with Crippen LogP contribution in [0.2, 0.25) is 0 Å². The highest BCUT2D eigenvalue weighted by atomic mass is 79.9. The number of rotatable bonds is 3. The molecule has 3 rings (SSSR count). The van der Waals surface area contributed by atoms with Crippen LogP contribution < -0.4 is 14.8 Å². The van der Waals surface area contributed by atoms with Crippen molar-refractivity contribution in [3.8, 4) is 11.5 Å². The number of hydrogen-bond acceptors (Lipinski definition) is 3. The minimum absolute atomic E-state index is 0.0533. The van der Waals surface area contributed by atoms with Crippen molar-refractivity contribution in [1.82, 2.24) is 0 Å². The van der Waals surface area contributed by atoms with Gasteiger partial charge in [-0.2, -0.15) is 0 Å². The summed E-state index contributed by atoms with van der Waals surface area (Å²) in [6.45, 7) is 7.15. The van der Waals surface area contributed by atoms with Gasteiger partial charge in [-0.25, -0.2) is 0 Å². The maximum atomic E-state index is 12.5. The normalized spacial score (nSPS) is 12.8. The molecule has 0 spiro atoms. The second-order valence-corrected chi connectivity index (χ2v) is 6.94. The molecule has 0 radical (unpaired) electrons. The zero-order chi connectivity index (χ0) is 17.3. The van der Waals surface area contributed by atoms with Gasteiger partial charge in [0.2, 0.25) is 5.91 Å². The highest BCUT2D eigenvalue weighted by molar-refractivity contribution is 9.10. The van der Waals surface area contributed by atoms with Crippen molar-refractivity contribution in [2.45, 2.75) is 27.2 Å². The van der Waals surface area contributed by atoms with Crippen molar-refractivity contribution in [3.05, 3.63) is 51.0 Å². The lowest BCUT2D eigenvalue weighted by Crippen LogP contribution is -2.18. The van der Waals surface area contributed by atoms with Crippen LogP contribution in [0.3, 0.4) is 0 Å². The molecular formula is C19H20BrNO3. The maximum absolute atomic E-state index is 12.5. The molecule has 1 N–H and O–H groups in total. The molecule has 1 aliphatic rings. The van der Waals surface area contributed by atoms with Crippen molar-refractivity contribution >= 4 is 27.5 Å². The van der Waals surface area contributed by atoms with E-state index in [4.69, 9.17) is 9.47 Å². The molecule has 1 amide bonds. The van der Waals surface area contributed by atoms with Crippen LogP contribution in [0, 0.1) is 20.8 Å². The lowest BCUT2D eigenvalue weighted by molar-refractivity contribution is -0.115. The Balaban J connectivity index is 1.78. The van der Waals surface area contributed by atoms with Crippen molar-refractivity contribution in [1.29, 1.82) is 0 Å². The van der Waals surface area contributed by atoms with E-state index in [9.17, 15) is 4.79 Å². The summed E-state index contributed by atoms with van der Waals surface area (Å²) >= 11 is 3.51. The average Bonchev–Trinajstić information content (AvgIpc) is 2.51. The van der Waals surface area contributed by atoms with E-state index >= 15 is 0 Å². The van der Waals surface area contributed by atoms with E-state index in [1.54, 1.807) is 0 Å². The number of halogens is 1. The summed E-state index contributed by atoms with van der Waals surface area (Å²) in [4.78, 5) is 12.5. The minimum Gasteiger partial charge on any atom is -0.486 e. The summed E-state index contributed by atoms with van der Waals surface area (Å²) in [5, 5.41) is 3.03. The Morgan fingerprint density at radius 3 is 2.25 bits per heavy atom. The van der Waals surface area contributed by atoms with Crippen LogP contribution in [0.15, 0.2) is 28.7 Å². The molecule has 0 saturated heterocycles. The van der Waals surface area contributed by atoms with Crippen LogP contribution in [0.25, 0.3) is 0 Å². The maximum Gasteiger partial charge on any atom is 0.228 e. The van der Waals surface area contributed by atoms with Crippen molar-refractivity contribution in [2.24, 2.45) is 0 Å². The van der Waals surface area contributed by atoms with Gasteiger partial charge in [0, 0.05) is 10.2 Å². The van der Waals surface area contributed by atoms with Gasteiger partial charge in [0.1, 0.15) is 13.2 Å². The Morgan fingerprint density at radius 1 is 1.04 bits per heavy atom. The van der Waals surface area contributed by atoms with E-state index in [1.807, 2.05) is 26.0 Å². The van der Waals surface area contributed by atoms with Gasteiger partial charge in [-0.1, -0.05) is 33.6 Å². The Morgan fingerprint density at radius 2 is 1.62 bits per heavy atom. The molecule has 4 nitrogen and oxygen atoms in total. The fourth-order valence-electron chi connectivity index (χ4n) is 2.98. The number of aryl methyl sites for hydroxylation is 3. The first kappa shape index (κ1) is 16.8. The Kier molecular flexibility index (Phi) is 4.81. The fourth-order valence-corrected chi connectivity index (χ4v) is 3.44. The molecule has 0 saturated carbocycles. The van der Waals surface area contributed by atoms with Crippen molar-refractivity contribution in [2.75, 3.05) is 18.5 Å². The summed E-state index contributed by atoms with van der Waals surface area (Å²) in [6.07, 6.45) is 0.268. The zero-order valence-corrected chi connectivity index (χ0v) is 15.6. The second kappa shape index (κ2) is 6.85. The van der Waals surface area contributed by atoms with Crippen LogP contribution in [0.4, 0.5) is 5.69 Å². The monoisotopic (exact) mass is 389 g/mol. The summed E-state index contributed by atoms with van der Waals surface area (Å²) in [6, 6.07) is 7.87. The average molecular weight is 390 g/mol. The minimum atomic E-state index is -0.0533. The number of hydrogen-bond donors (Lipinski definition) is 1. The van der Waals surface area contributed by atoms with E-state index in [0.717, 1.165) is 26.9 Å². The number of benzene rings is 2. The molecule has 1 aliphatic heterocycles. The molecule has 1 heterocycles. The number of carbonyl (C=O) groups excluding carboxylic acids is 1. The predicted octanol–water partition coefficient (Wildman–Crippen LogP) is 4.33. The summed E-state index contributed by atoms with van der Waals surface area (Å²) in [5.74, 6) is 1.35. The lowest BCUT2D eigenvalue weighted by Gasteiger charge is -2.20. The third kappa shape index (κ3) is 3.56. The molecule has 0 bridgehead atoms. The molecule has 24 heavy (non-hydrogen) atoms. The molecule has 2 aromatic carbocycles. The van der Waals surface area contributed by atoms with Gasteiger partial charge in [-0.05, 0) is 49.6 Å². The molecule has 0 fully saturated rings. The summed E-state index contributed by atoms with van der Waals surface area (Å²) < 4.78 is 12.0. The number of fused-ring (bicyclic) bond motifs is 1. The number of nitrogens with one attached hydrogen (secondary N) is 1. The standard InChI is InChI=1S/C19H20BrNO3/c1-11-6-12(2)19(13(3)7-11)21-18(22)9-14-8-16-17(10-15(14)20)24-5-4-23-16/h6-8,10H,4-5,9H2,1-3H3,(H,21,22). The van der Waals surface area contributed by atoms with Gasteiger partial charge in [-0.3, -0.25) is 4.79 Å². The van der Waals surface area contributed by atoms with Gasteiger partial charge < -0.3 is 14.8 Å². The van der Waals surface area contributed by atoms with Crippen LogP contribution in [-0.4, -0.2) is 19.1 Å². The third-order valence-electron chi connectivity index (χ3n) is 4.00. The van der Waals surface area contributed by atoms with E-state index in [2.05, 4.69) is 40.3 Å². The van der Waals surface area contributed by atoms with Crippen LogP contribution in [0.5, 0.6) is 11.5 Å². The highest BCUT2D eigenvalue weighted by Gasteiger charge is 2.17. The van der Waals surface area contributed by atoms with E-state index in [-0.39, 0.29) is 12.3 Å². The Hall–Kier alpha value is -2.01. The molecule has 0 atom stereocenters. The summed E-state index contributed by atoms with van der Waals surface area (Å²) in [7, 11) is 0. The van der Waals surface area contributed by atoms with Gasteiger partial charge in [0.25, 0.3) is 0 Å².